The minimum Gasteiger partial charge on any atom is -0.363 e. The van der Waals surface area contributed by atoms with Crippen molar-refractivity contribution in [1.82, 2.24) is 29.4 Å². The van der Waals surface area contributed by atoms with Gasteiger partial charge in [0.1, 0.15) is 5.82 Å². The number of fused-ring (bicyclic) bond motifs is 2. The Balaban J connectivity index is 1.42. The first-order valence-electron chi connectivity index (χ1n) is 11.7. The number of aromatic nitrogens is 6. The summed E-state index contributed by atoms with van der Waals surface area (Å²) >= 11 is 0. The number of hydrogen-bond donors (Lipinski definition) is 0. The fraction of sp³-hybridized carbons (Fsp3) is 0.259. The maximum atomic E-state index is 5.12. The van der Waals surface area contributed by atoms with Gasteiger partial charge in [0.15, 0.2) is 5.65 Å². The molecule has 5 aromatic rings. The highest BCUT2D eigenvalue weighted by atomic mass is 15.3. The van der Waals surface area contributed by atoms with E-state index in [1.807, 2.05) is 67.1 Å². The third-order valence-corrected chi connectivity index (χ3v) is 6.75. The van der Waals surface area contributed by atoms with E-state index in [1.165, 1.54) is 11.1 Å². The molecule has 1 unspecified atom stereocenters. The second kappa shape index (κ2) is 8.09. The van der Waals surface area contributed by atoms with E-state index >= 15 is 0 Å². The zero-order valence-electron chi connectivity index (χ0n) is 19.7. The van der Waals surface area contributed by atoms with E-state index in [4.69, 9.17) is 10.1 Å². The molecule has 0 N–H and O–H groups in total. The second-order valence-corrected chi connectivity index (χ2v) is 9.25. The highest BCUT2D eigenvalue weighted by molar-refractivity contribution is 5.87. The van der Waals surface area contributed by atoms with E-state index in [0.717, 1.165) is 58.5 Å². The van der Waals surface area contributed by atoms with Gasteiger partial charge in [-0.25, -0.2) is 4.98 Å². The van der Waals surface area contributed by atoms with Crippen LogP contribution in [0, 0.1) is 0 Å². The van der Waals surface area contributed by atoms with Gasteiger partial charge in [-0.15, -0.1) is 0 Å². The molecule has 34 heavy (non-hydrogen) atoms. The zero-order valence-corrected chi connectivity index (χ0v) is 19.7. The van der Waals surface area contributed by atoms with Gasteiger partial charge < -0.3 is 4.90 Å². The van der Waals surface area contributed by atoms with E-state index in [-0.39, 0.29) is 0 Å². The van der Waals surface area contributed by atoms with Crippen LogP contribution in [0.25, 0.3) is 33.3 Å². The molecule has 0 amide bonds. The van der Waals surface area contributed by atoms with E-state index in [9.17, 15) is 0 Å². The molecule has 1 aromatic carbocycles. The van der Waals surface area contributed by atoms with Crippen molar-refractivity contribution in [2.75, 3.05) is 19.0 Å². The van der Waals surface area contributed by atoms with Crippen LogP contribution in [0.15, 0.2) is 67.3 Å². The zero-order chi connectivity index (χ0) is 23.2. The number of aryl methyl sites for hydroxylation is 1. The van der Waals surface area contributed by atoms with Gasteiger partial charge in [-0.05, 0) is 48.4 Å². The predicted molar refractivity (Wildman–Crippen MR) is 136 cm³/mol. The Labute approximate surface area is 198 Å². The molecule has 0 radical (unpaired) electrons. The molecule has 1 aliphatic rings. The van der Waals surface area contributed by atoms with Crippen molar-refractivity contribution in [3.8, 4) is 11.1 Å². The maximum Gasteiger partial charge on any atom is 0.165 e. The van der Waals surface area contributed by atoms with Crippen LogP contribution in [0.5, 0.6) is 0 Å². The van der Waals surface area contributed by atoms with Crippen LogP contribution in [0.4, 0.5) is 5.82 Å². The molecule has 7 heteroatoms. The standard InChI is InChI=1S/C27H27N7/c1-32(2)26-13-25(19-10-8-18(9-11-19)22-15-29-33(3)17-22)31-27-23(16-30-34(26)27)21-12-20-6-4-5-7-24(20)28-14-21/h4-7,10,12-18H,8-9,11H2,1-3H3. The Morgan fingerprint density at radius 1 is 1.03 bits per heavy atom. The van der Waals surface area contributed by atoms with Gasteiger partial charge in [0.05, 0.1) is 23.6 Å². The summed E-state index contributed by atoms with van der Waals surface area (Å²) in [5.41, 5.74) is 7.50. The summed E-state index contributed by atoms with van der Waals surface area (Å²) in [6, 6.07) is 12.5. The molecule has 0 saturated carbocycles. The Kier molecular flexibility index (Phi) is 4.90. The molecule has 1 atom stereocenters. The van der Waals surface area contributed by atoms with Crippen LogP contribution in [-0.2, 0) is 7.05 Å². The number of nitrogens with zero attached hydrogens (tertiary/aromatic N) is 7. The summed E-state index contributed by atoms with van der Waals surface area (Å²) in [6.45, 7) is 0. The predicted octanol–water partition coefficient (Wildman–Crippen LogP) is 5.10. The van der Waals surface area contributed by atoms with Gasteiger partial charge in [0.2, 0.25) is 0 Å². The monoisotopic (exact) mass is 449 g/mol. The Morgan fingerprint density at radius 3 is 2.68 bits per heavy atom. The third kappa shape index (κ3) is 3.53. The lowest BCUT2D eigenvalue weighted by atomic mass is 9.85. The summed E-state index contributed by atoms with van der Waals surface area (Å²) in [5.74, 6) is 1.53. The van der Waals surface area contributed by atoms with Gasteiger partial charge in [-0.3, -0.25) is 9.67 Å². The SMILES string of the molecule is CN(C)c1cc(C2=CCC(c3cnn(C)c3)CC2)nc2c(-c3cnc4ccccc4c3)cnn12. The normalized spacial score (nSPS) is 16.2. The molecule has 4 aromatic heterocycles. The maximum absolute atomic E-state index is 5.12. The van der Waals surface area contributed by atoms with Crippen molar-refractivity contribution in [2.45, 2.75) is 25.2 Å². The number of anilines is 1. The number of rotatable bonds is 4. The van der Waals surface area contributed by atoms with Crippen LogP contribution < -0.4 is 4.90 Å². The molecule has 1 aliphatic carbocycles. The van der Waals surface area contributed by atoms with Crippen LogP contribution in [0.3, 0.4) is 0 Å². The number of para-hydroxylation sites is 1. The van der Waals surface area contributed by atoms with E-state index in [2.05, 4.69) is 45.5 Å². The Hall–Kier alpha value is -4.00. The highest BCUT2D eigenvalue weighted by Gasteiger charge is 2.21. The first-order valence-corrected chi connectivity index (χ1v) is 11.7. The molecule has 6 rings (SSSR count). The van der Waals surface area contributed by atoms with E-state index < -0.39 is 0 Å². The molecular weight excluding hydrogens is 422 g/mol. The van der Waals surface area contributed by atoms with Crippen molar-refractivity contribution in [3.05, 3.63) is 78.5 Å². The summed E-state index contributed by atoms with van der Waals surface area (Å²) < 4.78 is 3.81. The quantitative estimate of drug-likeness (QED) is 0.382. The fourth-order valence-electron chi connectivity index (χ4n) is 4.87. The number of benzene rings is 1. The van der Waals surface area contributed by atoms with Crippen LogP contribution in [-0.4, -0.2) is 43.5 Å². The first-order chi connectivity index (χ1) is 16.6. The van der Waals surface area contributed by atoms with Crippen molar-refractivity contribution < 1.29 is 0 Å². The lowest BCUT2D eigenvalue weighted by molar-refractivity contribution is 0.623. The topological polar surface area (TPSA) is 64.1 Å². The molecule has 170 valence electrons. The van der Waals surface area contributed by atoms with Crippen molar-refractivity contribution in [1.29, 1.82) is 0 Å². The first kappa shape index (κ1) is 20.6. The van der Waals surface area contributed by atoms with Gasteiger partial charge in [-0.2, -0.15) is 14.7 Å². The van der Waals surface area contributed by atoms with Gasteiger partial charge in [0.25, 0.3) is 0 Å². The lowest BCUT2D eigenvalue weighted by Crippen LogP contribution is -2.15. The fourth-order valence-corrected chi connectivity index (χ4v) is 4.87. The lowest BCUT2D eigenvalue weighted by Gasteiger charge is -2.22. The van der Waals surface area contributed by atoms with Gasteiger partial charge in [-0.1, -0.05) is 24.3 Å². The largest absolute Gasteiger partial charge is 0.363 e. The van der Waals surface area contributed by atoms with E-state index in [0.29, 0.717) is 5.92 Å². The summed E-state index contributed by atoms with van der Waals surface area (Å²) in [4.78, 5) is 11.9. The van der Waals surface area contributed by atoms with Crippen molar-refractivity contribution in [3.63, 3.8) is 0 Å². The van der Waals surface area contributed by atoms with Crippen LogP contribution >= 0.6 is 0 Å². The average molecular weight is 450 g/mol. The molecule has 4 heterocycles. The smallest absolute Gasteiger partial charge is 0.165 e. The van der Waals surface area contributed by atoms with Crippen LogP contribution in [0.1, 0.15) is 36.4 Å². The Bertz CT molecular complexity index is 1540. The average Bonchev–Trinajstić information content (AvgIpc) is 3.49. The molecule has 0 bridgehead atoms. The molecule has 7 nitrogen and oxygen atoms in total. The van der Waals surface area contributed by atoms with Crippen LogP contribution in [0.2, 0.25) is 0 Å². The molecule has 0 fully saturated rings. The molecular formula is C27H27N7. The number of hydrogen-bond acceptors (Lipinski definition) is 5. The molecule has 0 spiro atoms. The van der Waals surface area contributed by atoms with E-state index in [1.54, 1.807) is 0 Å². The minimum atomic E-state index is 0.517. The summed E-state index contributed by atoms with van der Waals surface area (Å²) in [5, 5.41) is 10.2. The summed E-state index contributed by atoms with van der Waals surface area (Å²) in [6.07, 6.45) is 13.4. The minimum absolute atomic E-state index is 0.517. The third-order valence-electron chi connectivity index (χ3n) is 6.75. The molecule has 0 saturated heterocycles. The van der Waals surface area contributed by atoms with Crippen molar-refractivity contribution >= 4 is 27.9 Å². The van der Waals surface area contributed by atoms with Gasteiger partial charge >= 0.3 is 0 Å². The second-order valence-electron chi connectivity index (χ2n) is 9.25. The number of allylic oxidation sites excluding steroid dienone is 2. The van der Waals surface area contributed by atoms with Crippen molar-refractivity contribution in [2.24, 2.45) is 7.05 Å². The highest BCUT2D eigenvalue weighted by Crippen LogP contribution is 2.37. The summed E-state index contributed by atoms with van der Waals surface area (Å²) in [7, 11) is 6.07. The van der Waals surface area contributed by atoms with Gasteiger partial charge in [0, 0.05) is 56.1 Å². The number of pyridine rings is 1. The molecule has 0 aliphatic heterocycles. The Morgan fingerprint density at radius 2 is 1.91 bits per heavy atom.